The van der Waals surface area contributed by atoms with Crippen LogP contribution in [0.4, 0.5) is 23.5 Å². The molecule has 0 radical (unpaired) electrons. The number of hydrazine groups is 1. The molecular weight excluding hydrogens is 418 g/mol. The van der Waals surface area contributed by atoms with E-state index in [1.165, 1.54) is 4.90 Å². The van der Waals surface area contributed by atoms with Crippen LogP contribution in [-0.4, -0.2) is 38.8 Å². The third-order valence-corrected chi connectivity index (χ3v) is 4.53. The smallest absolute Gasteiger partial charge is 0.399 e. The molecule has 0 bridgehead atoms. The Kier molecular flexibility index (Phi) is 5.57. The maximum atomic E-state index is 13.0. The Bertz CT molecular complexity index is 965. The van der Waals surface area contributed by atoms with E-state index in [4.69, 9.17) is 23.2 Å². The van der Waals surface area contributed by atoms with Gasteiger partial charge in [0, 0.05) is 24.9 Å². The van der Waals surface area contributed by atoms with Gasteiger partial charge < -0.3 is 10.6 Å². The van der Waals surface area contributed by atoms with Gasteiger partial charge in [0.15, 0.2) is 5.82 Å². The summed E-state index contributed by atoms with van der Waals surface area (Å²) in [6, 6.07) is 0.691. The van der Waals surface area contributed by atoms with E-state index in [2.05, 4.69) is 15.0 Å². The van der Waals surface area contributed by atoms with Crippen molar-refractivity contribution in [3.63, 3.8) is 0 Å². The minimum Gasteiger partial charge on any atom is -0.399 e. The van der Waals surface area contributed by atoms with Crippen molar-refractivity contribution in [1.29, 1.82) is 0 Å². The standard InChI is InChI=1S/C16H14ClF4N7O/c17-12-9(16(19,20)21)1-3-24-13(12)14(29)27-4-2-11(10(22)7-27)28(23)15-25-5-8(18)6-26-15/h1,3,5-6H,2,4,7,22-23H2. The van der Waals surface area contributed by atoms with Crippen LogP contribution in [0.2, 0.25) is 5.02 Å². The highest BCUT2D eigenvalue weighted by atomic mass is 35.5. The highest BCUT2D eigenvalue weighted by Crippen LogP contribution is 2.36. The molecule has 2 aromatic rings. The summed E-state index contributed by atoms with van der Waals surface area (Å²) in [4.78, 5) is 25.0. The number of halogens is 5. The first-order chi connectivity index (χ1) is 13.6. The van der Waals surface area contributed by atoms with Gasteiger partial charge >= 0.3 is 6.18 Å². The number of pyridine rings is 1. The molecule has 8 nitrogen and oxygen atoms in total. The zero-order valence-corrected chi connectivity index (χ0v) is 15.4. The SMILES string of the molecule is NC1=C(N(N)c2ncc(F)cn2)CCN(C(=O)c2nccc(C(F)(F)F)c2Cl)C1. The van der Waals surface area contributed by atoms with E-state index in [1.807, 2.05) is 0 Å². The van der Waals surface area contributed by atoms with E-state index in [9.17, 15) is 22.4 Å². The molecule has 154 valence electrons. The van der Waals surface area contributed by atoms with E-state index >= 15 is 0 Å². The summed E-state index contributed by atoms with van der Waals surface area (Å²) < 4.78 is 52.0. The molecule has 13 heteroatoms. The first-order valence-electron chi connectivity index (χ1n) is 8.10. The lowest BCUT2D eigenvalue weighted by Gasteiger charge is -2.32. The summed E-state index contributed by atoms with van der Waals surface area (Å²) in [6.07, 6.45) is -1.84. The highest BCUT2D eigenvalue weighted by molar-refractivity contribution is 6.34. The van der Waals surface area contributed by atoms with Crippen molar-refractivity contribution in [3.05, 3.63) is 58.1 Å². The molecule has 0 saturated heterocycles. The molecular formula is C16H14ClF4N7O. The monoisotopic (exact) mass is 431 g/mol. The van der Waals surface area contributed by atoms with Crippen molar-refractivity contribution >= 4 is 23.5 Å². The van der Waals surface area contributed by atoms with Crippen LogP contribution in [0.15, 0.2) is 36.1 Å². The van der Waals surface area contributed by atoms with Crippen molar-refractivity contribution in [2.24, 2.45) is 11.6 Å². The summed E-state index contributed by atoms with van der Waals surface area (Å²) in [5, 5.41) is 0.282. The van der Waals surface area contributed by atoms with Crippen LogP contribution in [0.3, 0.4) is 0 Å². The molecule has 1 aliphatic heterocycles. The molecule has 3 rings (SSSR count). The number of nitrogens with two attached hydrogens (primary N) is 2. The van der Waals surface area contributed by atoms with Crippen molar-refractivity contribution < 1.29 is 22.4 Å². The zero-order valence-electron chi connectivity index (χ0n) is 14.6. The minimum absolute atomic E-state index is 0.00767. The fourth-order valence-electron chi connectivity index (χ4n) is 2.74. The molecule has 0 aliphatic carbocycles. The van der Waals surface area contributed by atoms with Crippen molar-refractivity contribution in [2.75, 3.05) is 18.1 Å². The molecule has 2 aromatic heterocycles. The number of carbonyl (C=O) groups is 1. The minimum atomic E-state index is -4.72. The van der Waals surface area contributed by atoms with Gasteiger partial charge in [-0.1, -0.05) is 11.6 Å². The van der Waals surface area contributed by atoms with Crippen LogP contribution in [0.25, 0.3) is 0 Å². The second kappa shape index (κ2) is 7.79. The van der Waals surface area contributed by atoms with Crippen LogP contribution >= 0.6 is 11.6 Å². The first kappa shape index (κ1) is 20.7. The largest absolute Gasteiger partial charge is 0.417 e. The predicted molar refractivity (Wildman–Crippen MR) is 94.6 cm³/mol. The van der Waals surface area contributed by atoms with Gasteiger partial charge in [-0.05, 0) is 6.07 Å². The summed E-state index contributed by atoms with van der Waals surface area (Å²) in [7, 11) is 0. The Hall–Kier alpha value is -2.99. The average molecular weight is 432 g/mol. The van der Waals surface area contributed by atoms with E-state index in [-0.39, 0.29) is 31.2 Å². The summed E-state index contributed by atoms with van der Waals surface area (Å²) in [5.41, 5.74) is 4.88. The van der Waals surface area contributed by atoms with Gasteiger partial charge in [-0.3, -0.25) is 4.79 Å². The maximum Gasteiger partial charge on any atom is 0.417 e. The van der Waals surface area contributed by atoms with E-state index in [0.717, 1.165) is 23.6 Å². The van der Waals surface area contributed by atoms with Gasteiger partial charge in [0.05, 0.1) is 35.2 Å². The molecule has 0 saturated carbocycles. The normalized spacial score (nSPS) is 14.9. The molecule has 1 amide bonds. The van der Waals surface area contributed by atoms with Gasteiger partial charge in [0.2, 0.25) is 5.95 Å². The van der Waals surface area contributed by atoms with Gasteiger partial charge in [-0.15, -0.1) is 0 Å². The number of amides is 1. The molecule has 4 N–H and O–H groups in total. The molecule has 1 aliphatic rings. The van der Waals surface area contributed by atoms with Crippen LogP contribution in [0.1, 0.15) is 22.5 Å². The maximum absolute atomic E-state index is 13.0. The van der Waals surface area contributed by atoms with Crippen LogP contribution < -0.4 is 16.6 Å². The molecule has 3 heterocycles. The number of hydrogen-bond donors (Lipinski definition) is 2. The quantitative estimate of drug-likeness (QED) is 0.434. The third-order valence-electron chi connectivity index (χ3n) is 4.15. The van der Waals surface area contributed by atoms with Gasteiger partial charge in [-0.2, -0.15) is 13.2 Å². The Morgan fingerprint density at radius 3 is 2.48 bits per heavy atom. The van der Waals surface area contributed by atoms with Crippen LogP contribution in [0.5, 0.6) is 0 Å². The summed E-state index contributed by atoms with van der Waals surface area (Å²) in [5.74, 6) is 4.47. The Morgan fingerprint density at radius 2 is 1.90 bits per heavy atom. The molecule has 0 atom stereocenters. The van der Waals surface area contributed by atoms with Gasteiger partial charge in [0.1, 0.15) is 5.69 Å². The number of rotatable bonds is 3. The number of anilines is 1. The number of hydrogen-bond acceptors (Lipinski definition) is 7. The lowest BCUT2D eigenvalue weighted by atomic mass is 10.1. The van der Waals surface area contributed by atoms with E-state index in [1.54, 1.807) is 0 Å². The van der Waals surface area contributed by atoms with Gasteiger partial charge in [-0.25, -0.2) is 30.2 Å². The van der Waals surface area contributed by atoms with Crippen molar-refractivity contribution in [3.8, 4) is 0 Å². The number of carbonyl (C=O) groups excluding carboxylic acids is 1. The second-order valence-corrected chi connectivity index (χ2v) is 6.42. The molecule has 0 fully saturated rings. The topological polar surface area (TPSA) is 114 Å². The zero-order chi connectivity index (χ0) is 21.3. The highest BCUT2D eigenvalue weighted by Gasteiger charge is 2.36. The third kappa shape index (κ3) is 4.22. The molecule has 0 unspecified atom stereocenters. The Morgan fingerprint density at radius 1 is 1.24 bits per heavy atom. The van der Waals surface area contributed by atoms with Crippen molar-refractivity contribution in [1.82, 2.24) is 19.9 Å². The lowest BCUT2D eigenvalue weighted by molar-refractivity contribution is -0.137. The molecule has 0 spiro atoms. The van der Waals surface area contributed by atoms with Crippen LogP contribution in [0, 0.1) is 5.82 Å². The summed E-state index contributed by atoms with van der Waals surface area (Å²) >= 11 is 5.77. The van der Waals surface area contributed by atoms with E-state index in [0.29, 0.717) is 11.8 Å². The summed E-state index contributed by atoms with van der Waals surface area (Å²) in [6.45, 7) is -0.0463. The number of alkyl halides is 3. The fraction of sp³-hybridized carbons (Fsp3) is 0.250. The number of aromatic nitrogens is 3. The predicted octanol–water partition coefficient (Wildman–Crippen LogP) is 2.08. The fourth-order valence-corrected chi connectivity index (χ4v) is 3.04. The number of nitrogens with zero attached hydrogens (tertiary/aromatic N) is 5. The molecule has 29 heavy (non-hydrogen) atoms. The Balaban J connectivity index is 1.82. The van der Waals surface area contributed by atoms with E-state index < -0.39 is 34.2 Å². The lowest BCUT2D eigenvalue weighted by Crippen LogP contribution is -2.44. The molecule has 0 aromatic carbocycles. The van der Waals surface area contributed by atoms with Gasteiger partial charge in [0.25, 0.3) is 5.91 Å². The Labute approximate surface area is 166 Å². The first-order valence-corrected chi connectivity index (χ1v) is 8.48. The average Bonchev–Trinajstić information content (AvgIpc) is 2.66. The van der Waals surface area contributed by atoms with Crippen LogP contribution in [-0.2, 0) is 6.18 Å². The second-order valence-electron chi connectivity index (χ2n) is 6.04. The van der Waals surface area contributed by atoms with Crippen molar-refractivity contribution in [2.45, 2.75) is 12.6 Å².